The second-order valence-corrected chi connectivity index (χ2v) is 9.34. The van der Waals surface area contributed by atoms with Gasteiger partial charge in [-0.3, -0.25) is 9.59 Å². The van der Waals surface area contributed by atoms with Crippen LogP contribution in [0.15, 0.2) is 42.5 Å². The average Bonchev–Trinajstić information content (AvgIpc) is 2.71. The maximum Gasteiger partial charge on any atom is 0.258 e. The fourth-order valence-corrected chi connectivity index (χ4v) is 5.21. The second kappa shape index (κ2) is 7.41. The lowest BCUT2D eigenvalue weighted by molar-refractivity contribution is -0.152. The molecule has 2 aromatic carbocycles. The van der Waals surface area contributed by atoms with Crippen LogP contribution in [0.1, 0.15) is 24.8 Å². The maximum atomic E-state index is 13.4. The van der Waals surface area contributed by atoms with Crippen molar-refractivity contribution in [3.8, 4) is 5.75 Å². The minimum Gasteiger partial charge on any atom is -0.484 e. The molecule has 1 heterocycles. The lowest BCUT2D eigenvalue weighted by Gasteiger charge is -2.70. The first-order valence-corrected chi connectivity index (χ1v) is 10.8. The summed E-state index contributed by atoms with van der Waals surface area (Å²) in [5.41, 5.74) is 1.79. The van der Waals surface area contributed by atoms with E-state index >= 15 is 0 Å². The van der Waals surface area contributed by atoms with Gasteiger partial charge in [-0.15, -0.1) is 0 Å². The van der Waals surface area contributed by atoms with Crippen molar-refractivity contribution in [3.63, 3.8) is 0 Å². The fraction of sp³-hybridized carbons (Fsp3) is 0.391. The molecule has 2 bridgehead atoms. The van der Waals surface area contributed by atoms with Crippen molar-refractivity contribution in [1.29, 1.82) is 0 Å². The third-order valence-electron chi connectivity index (χ3n) is 6.48. The van der Waals surface area contributed by atoms with Gasteiger partial charge in [-0.2, -0.15) is 0 Å². The van der Waals surface area contributed by atoms with Crippen LogP contribution in [0.5, 0.6) is 5.75 Å². The van der Waals surface area contributed by atoms with E-state index in [0.717, 1.165) is 43.0 Å². The Labute approximate surface area is 184 Å². The molecular formula is C23H23ClFN3O3. The molecule has 6 nitrogen and oxygen atoms in total. The van der Waals surface area contributed by atoms with Crippen LogP contribution in [0.4, 0.5) is 10.1 Å². The number of nitrogens with one attached hydrogen (secondary N) is 3. The summed E-state index contributed by atoms with van der Waals surface area (Å²) in [6.45, 7) is 0.429. The van der Waals surface area contributed by atoms with Crippen LogP contribution in [0, 0.1) is 11.7 Å². The van der Waals surface area contributed by atoms with Gasteiger partial charge in [0.05, 0.1) is 10.9 Å². The number of anilines is 1. The summed E-state index contributed by atoms with van der Waals surface area (Å²) in [4.78, 5) is 25.0. The largest absolute Gasteiger partial charge is 0.484 e. The normalized spacial score (nSPS) is 27.6. The molecule has 1 aliphatic heterocycles. The molecule has 4 aliphatic rings. The third-order valence-corrected chi connectivity index (χ3v) is 6.78. The predicted octanol–water partition coefficient (Wildman–Crippen LogP) is 3.05. The Balaban J connectivity index is 1.08. The summed E-state index contributed by atoms with van der Waals surface area (Å²) in [6, 6.07) is 12.1. The maximum absolute atomic E-state index is 13.4. The molecule has 6 rings (SSSR count). The Kier molecular flexibility index (Phi) is 4.81. The standard InChI is InChI=1S/C23H23ClFN3O3/c24-17-6-5-16(8-18(17)25)31-10-20(29)27-22-11-23(12-22,13-22)28-21(30)15-7-14-3-1-2-4-19(14)26-9-15/h1-6,8,15,26H,7,9-13H2,(H,27,29)(H,28,30). The number of hydrogen-bond donors (Lipinski definition) is 3. The molecule has 0 saturated heterocycles. The van der Waals surface area contributed by atoms with Gasteiger partial charge >= 0.3 is 0 Å². The van der Waals surface area contributed by atoms with Crippen LogP contribution in [0.2, 0.25) is 5.02 Å². The molecule has 1 atom stereocenters. The van der Waals surface area contributed by atoms with E-state index in [0.29, 0.717) is 6.54 Å². The highest BCUT2D eigenvalue weighted by molar-refractivity contribution is 6.30. The van der Waals surface area contributed by atoms with E-state index in [1.807, 2.05) is 24.3 Å². The van der Waals surface area contributed by atoms with Crippen molar-refractivity contribution in [3.05, 3.63) is 58.9 Å². The summed E-state index contributed by atoms with van der Waals surface area (Å²) in [7, 11) is 0. The van der Waals surface area contributed by atoms with E-state index in [9.17, 15) is 14.0 Å². The van der Waals surface area contributed by atoms with Crippen LogP contribution < -0.4 is 20.7 Å². The van der Waals surface area contributed by atoms with Gasteiger partial charge in [-0.25, -0.2) is 4.39 Å². The van der Waals surface area contributed by atoms with Gasteiger partial charge in [0.15, 0.2) is 6.61 Å². The first-order chi connectivity index (χ1) is 14.9. The molecule has 162 valence electrons. The SMILES string of the molecule is O=C(COc1ccc(Cl)c(F)c1)NC12CC(NC(=O)C3CNc4ccccc4C3)(C1)C2. The van der Waals surface area contributed by atoms with Gasteiger partial charge in [0.25, 0.3) is 5.91 Å². The van der Waals surface area contributed by atoms with Crippen LogP contribution in [-0.2, 0) is 16.0 Å². The zero-order valence-corrected chi connectivity index (χ0v) is 17.6. The number of para-hydroxylation sites is 1. The van der Waals surface area contributed by atoms with Gasteiger partial charge in [0, 0.05) is 29.4 Å². The Morgan fingerprint density at radius 1 is 1.13 bits per heavy atom. The molecule has 3 N–H and O–H groups in total. The van der Waals surface area contributed by atoms with Crippen molar-refractivity contribution in [1.82, 2.24) is 10.6 Å². The van der Waals surface area contributed by atoms with Crippen LogP contribution in [0.25, 0.3) is 0 Å². The Morgan fingerprint density at radius 3 is 2.65 bits per heavy atom. The summed E-state index contributed by atoms with van der Waals surface area (Å²) >= 11 is 5.64. The highest BCUT2D eigenvalue weighted by Crippen LogP contribution is 2.60. The molecule has 0 radical (unpaired) electrons. The minimum absolute atomic E-state index is 0.00577. The molecular weight excluding hydrogens is 421 g/mol. The number of halogens is 2. The summed E-state index contributed by atoms with van der Waals surface area (Å²) in [5.74, 6) is -0.630. The first-order valence-electron chi connectivity index (χ1n) is 10.4. The van der Waals surface area contributed by atoms with Crippen molar-refractivity contribution < 1.29 is 18.7 Å². The molecule has 31 heavy (non-hydrogen) atoms. The van der Waals surface area contributed by atoms with E-state index < -0.39 is 5.82 Å². The number of carbonyl (C=O) groups is 2. The second-order valence-electron chi connectivity index (χ2n) is 8.93. The molecule has 2 aromatic rings. The number of carbonyl (C=O) groups excluding carboxylic acids is 2. The van der Waals surface area contributed by atoms with E-state index in [-0.39, 0.29) is 46.2 Å². The predicted molar refractivity (Wildman–Crippen MR) is 115 cm³/mol. The summed E-state index contributed by atoms with van der Waals surface area (Å²) < 4.78 is 18.8. The van der Waals surface area contributed by atoms with Gasteiger partial charge in [0.2, 0.25) is 5.91 Å². The quantitative estimate of drug-likeness (QED) is 0.641. The molecule has 1 unspecified atom stereocenters. The van der Waals surface area contributed by atoms with E-state index in [2.05, 4.69) is 16.0 Å². The Morgan fingerprint density at radius 2 is 1.87 bits per heavy atom. The van der Waals surface area contributed by atoms with Crippen molar-refractivity contribution in [2.75, 3.05) is 18.5 Å². The number of hydrogen-bond acceptors (Lipinski definition) is 4. The lowest BCUT2D eigenvalue weighted by atomic mass is 9.44. The Hall–Kier alpha value is -2.80. The first kappa shape index (κ1) is 20.1. The van der Waals surface area contributed by atoms with E-state index in [1.54, 1.807) is 0 Å². The van der Waals surface area contributed by atoms with Gasteiger partial charge in [-0.05, 0) is 49.4 Å². The molecule has 3 aliphatic carbocycles. The van der Waals surface area contributed by atoms with Gasteiger partial charge < -0.3 is 20.7 Å². The monoisotopic (exact) mass is 443 g/mol. The van der Waals surface area contributed by atoms with Crippen molar-refractivity contribution >= 4 is 29.1 Å². The molecule has 8 heteroatoms. The van der Waals surface area contributed by atoms with Gasteiger partial charge in [0.1, 0.15) is 11.6 Å². The zero-order chi connectivity index (χ0) is 21.6. The number of benzene rings is 2. The molecule has 2 amide bonds. The summed E-state index contributed by atoms with van der Waals surface area (Å²) in [5, 5.41) is 9.55. The molecule has 3 saturated carbocycles. The topological polar surface area (TPSA) is 79.5 Å². The molecule has 0 spiro atoms. The zero-order valence-electron chi connectivity index (χ0n) is 16.8. The van der Waals surface area contributed by atoms with E-state index in [4.69, 9.17) is 16.3 Å². The number of ether oxygens (including phenoxy) is 1. The number of rotatable bonds is 6. The smallest absolute Gasteiger partial charge is 0.258 e. The highest BCUT2D eigenvalue weighted by atomic mass is 35.5. The fourth-order valence-electron chi connectivity index (χ4n) is 5.09. The van der Waals surface area contributed by atoms with Crippen molar-refractivity contribution in [2.24, 2.45) is 5.92 Å². The van der Waals surface area contributed by atoms with Crippen LogP contribution >= 0.6 is 11.6 Å². The Bertz CT molecular complexity index is 1040. The van der Waals surface area contributed by atoms with Crippen molar-refractivity contribution in [2.45, 2.75) is 36.8 Å². The highest BCUT2D eigenvalue weighted by Gasteiger charge is 2.69. The average molecular weight is 444 g/mol. The van der Waals surface area contributed by atoms with E-state index in [1.165, 1.54) is 12.1 Å². The molecule has 3 fully saturated rings. The minimum atomic E-state index is -0.590. The summed E-state index contributed by atoms with van der Waals surface area (Å²) in [6.07, 6.45) is 2.91. The lowest BCUT2D eigenvalue weighted by Crippen LogP contribution is -2.84. The molecule has 0 aromatic heterocycles. The van der Waals surface area contributed by atoms with Crippen LogP contribution in [-0.4, -0.2) is 36.0 Å². The number of fused-ring (bicyclic) bond motifs is 1. The third kappa shape index (κ3) is 3.83. The van der Waals surface area contributed by atoms with Crippen LogP contribution in [0.3, 0.4) is 0 Å². The number of amides is 2. The van der Waals surface area contributed by atoms with Gasteiger partial charge in [-0.1, -0.05) is 29.8 Å².